The zero-order chi connectivity index (χ0) is 21.3. The number of benzene rings is 1. The molecule has 0 saturated carbocycles. The number of rotatable bonds is 7. The topological polar surface area (TPSA) is 53.2 Å². The zero-order valence-electron chi connectivity index (χ0n) is 18.4. The minimum atomic E-state index is 0.218. The van der Waals surface area contributed by atoms with Gasteiger partial charge in [-0.15, -0.1) is 11.3 Å². The maximum Gasteiger partial charge on any atom is 0.194 e. The van der Waals surface area contributed by atoms with Crippen LogP contribution >= 0.6 is 11.3 Å². The quantitative estimate of drug-likeness (QED) is 0.625. The summed E-state index contributed by atoms with van der Waals surface area (Å²) in [5.41, 5.74) is 6.25. The number of aliphatic hydroxyl groups is 1. The van der Waals surface area contributed by atoms with Gasteiger partial charge in [0.15, 0.2) is 4.96 Å². The monoisotopic (exact) mass is 428 g/mol. The van der Waals surface area contributed by atoms with Gasteiger partial charge in [-0.25, -0.2) is 4.98 Å². The number of imidazole rings is 1. The van der Waals surface area contributed by atoms with Crippen LogP contribution in [0.15, 0.2) is 23.7 Å². The molecule has 0 spiro atoms. The van der Waals surface area contributed by atoms with Gasteiger partial charge in [0, 0.05) is 56.9 Å². The first kappa shape index (κ1) is 21.3. The van der Waals surface area contributed by atoms with Crippen molar-refractivity contribution in [1.82, 2.24) is 19.2 Å². The molecule has 1 aromatic carbocycles. The third-order valence-corrected chi connectivity index (χ3v) is 7.29. The van der Waals surface area contributed by atoms with Crippen molar-refractivity contribution in [3.05, 3.63) is 51.8 Å². The fraction of sp³-hybridized carbons (Fsp3) is 0.522. The van der Waals surface area contributed by atoms with Gasteiger partial charge >= 0.3 is 0 Å². The van der Waals surface area contributed by atoms with Gasteiger partial charge in [0.1, 0.15) is 5.75 Å². The Bertz CT molecular complexity index is 1010. The summed E-state index contributed by atoms with van der Waals surface area (Å²) in [4.78, 5) is 10.8. The molecule has 7 heteroatoms. The minimum Gasteiger partial charge on any atom is -0.496 e. The molecule has 1 unspecified atom stereocenters. The van der Waals surface area contributed by atoms with Gasteiger partial charge in [0.05, 0.1) is 18.5 Å². The van der Waals surface area contributed by atoms with E-state index in [9.17, 15) is 5.11 Å². The summed E-state index contributed by atoms with van der Waals surface area (Å²) < 4.78 is 7.69. The fourth-order valence-electron chi connectivity index (χ4n) is 4.54. The van der Waals surface area contributed by atoms with E-state index in [4.69, 9.17) is 9.72 Å². The van der Waals surface area contributed by atoms with E-state index in [-0.39, 0.29) is 6.61 Å². The molecule has 1 aliphatic heterocycles. The molecule has 30 heavy (non-hydrogen) atoms. The number of thiazole rings is 1. The van der Waals surface area contributed by atoms with Crippen LogP contribution in [0.4, 0.5) is 0 Å². The average Bonchev–Trinajstić information content (AvgIpc) is 3.30. The van der Waals surface area contributed by atoms with Crippen molar-refractivity contribution in [2.24, 2.45) is 0 Å². The van der Waals surface area contributed by atoms with Crippen molar-refractivity contribution < 1.29 is 9.84 Å². The molecule has 2 aromatic heterocycles. The molecule has 1 saturated heterocycles. The molecule has 3 aromatic rings. The van der Waals surface area contributed by atoms with E-state index in [2.05, 4.69) is 58.7 Å². The molecular formula is C23H32N4O2S. The van der Waals surface area contributed by atoms with Crippen LogP contribution in [0, 0.1) is 20.8 Å². The number of methoxy groups -OCH3 is 1. The minimum absolute atomic E-state index is 0.218. The molecule has 1 N–H and O–H groups in total. The number of piperazine rings is 1. The van der Waals surface area contributed by atoms with Gasteiger partial charge in [0.2, 0.25) is 0 Å². The summed E-state index contributed by atoms with van der Waals surface area (Å²) >= 11 is 1.68. The molecule has 0 amide bonds. The molecule has 6 nitrogen and oxygen atoms in total. The molecule has 1 aliphatic rings. The molecule has 0 aliphatic carbocycles. The van der Waals surface area contributed by atoms with Crippen molar-refractivity contribution in [3.8, 4) is 5.75 Å². The highest BCUT2D eigenvalue weighted by molar-refractivity contribution is 7.15. The molecule has 4 rings (SSSR count). The lowest BCUT2D eigenvalue weighted by Crippen LogP contribution is -2.52. The van der Waals surface area contributed by atoms with E-state index in [1.54, 1.807) is 18.4 Å². The average molecular weight is 429 g/mol. The second-order valence-electron chi connectivity index (χ2n) is 8.25. The van der Waals surface area contributed by atoms with Crippen LogP contribution in [0.1, 0.15) is 34.5 Å². The van der Waals surface area contributed by atoms with Gasteiger partial charge in [-0.05, 0) is 49.9 Å². The first-order chi connectivity index (χ1) is 14.5. The Morgan fingerprint density at radius 3 is 2.77 bits per heavy atom. The Labute approximate surface area is 182 Å². The largest absolute Gasteiger partial charge is 0.496 e. The van der Waals surface area contributed by atoms with Crippen LogP contribution in [0.5, 0.6) is 5.75 Å². The number of hydrogen-bond acceptors (Lipinski definition) is 6. The molecular weight excluding hydrogens is 396 g/mol. The third kappa shape index (κ3) is 4.12. The highest BCUT2D eigenvalue weighted by Gasteiger charge is 2.28. The zero-order valence-corrected chi connectivity index (χ0v) is 19.2. The van der Waals surface area contributed by atoms with Gasteiger partial charge in [-0.2, -0.15) is 0 Å². The van der Waals surface area contributed by atoms with Crippen LogP contribution in [0.25, 0.3) is 4.96 Å². The highest BCUT2D eigenvalue weighted by Crippen LogP contribution is 2.27. The summed E-state index contributed by atoms with van der Waals surface area (Å²) in [6.07, 6.45) is 2.91. The van der Waals surface area contributed by atoms with Crippen molar-refractivity contribution >= 4 is 16.3 Å². The van der Waals surface area contributed by atoms with E-state index in [0.29, 0.717) is 6.04 Å². The van der Waals surface area contributed by atoms with Gasteiger partial charge < -0.3 is 9.84 Å². The van der Waals surface area contributed by atoms with Crippen LogP contribution in [-0.4, -0.2) is 63.7 Å². The number of aryl methyl sites for hydroxylation is 1. The Balaban J connectivity index is 1.48. The maximum absolute atomic E-state index is 9.70. The van der Waals surface area contributed by atoms with Crippen molar-refractivity contribution in [2.45, 2.75) is 46.3 Å². The van der Waals surface area contributed by atoms with Crippen LogP contribution < -0.4 is 4.74 Å². The molecule has 1 atom stereocenters. The van der Waals surface area contributed by atoms with E-state index < -0.39 is 0 Å². The van der Waals surface area contributed by atoms with Crippen molar-refractivity contribution in [3.63, 3.8) is 0 Å². The lowest BCUT2D eigenvalue weighted by atomic mass is 10.00. The first-order valence-corrected chi connectivity index (χ1v) is 11.5. The number of aliphatic hydroxyl groups excluding tert-OH is 1. The lowest BCUT2D eigenvalue weighted by molar-refractivity contribution is 0.0490. The first-order valence-electron chi connectivity index (χ1n) is 10.6. The second kappa shape index (κ2) is 9.06. The van der Waals surface area contributed by atoms with Crippen LogP contribution in [0.3, 0.4) is 0 Å². The molecule has 162 valence electrons. The van der Waals surface area contributed by atoms with Crippen LogP contribution in [-0.2, 0) is 13.1 Å². The summed E-state index contributed by atoms with van der Waals surface area (Å²) in [5.74, 6) is 0.948. The summed E-state index contributed by atoms with van der Waals surface area (Å²) in [5, 5.41) is 11.8. The molecule has 1 fully saturated rings. The highest BCUT2D eigenvalue weighted by atomic mass is 32.1. The normalized spacial score (nSPS) is 18.4. The Hall–Kier alpha value is -1.93. The van der Waals surface area contributed by atoms with Gasteiger partial charge in [0.25, 0.3) is 0 Å². The van der Waals surface area contributed by atoms with E-state index in [1.807, 2.05) is 0 Å². The predicted octanol–water partition coefficient (Wildman–Crippen LogP) is 3.40. The number of nitrogens with zero attached hydrogens (tertiary/aromatic N) is 4. The van der Waals surface area contributed by atoms with Gasteiger partial charge in [-0.1, -0.05) is 6.07 Å². The van der Waals surface area contributed by atoms with E-state index in [0.717, 1.165) is 55.5 Å². The number of hydrogen-bond donors (Lipinski definition) is 1. The Kier molecular flexibility index (Phi) is 6.43. The van der Waals surface area contributed by atoms with E-state index >= 15 is 0 Å². The Morgan fingerprint density at radius 2 is 2.00 bits per heavy atom. The Morgan fingerprint density at radius 1 is 1.17 bits per heavy atom. The summed E-state index contributed by atoms with van der Waals surface area (Å²) in [6.45, 7) is 11.4. The second-order valence-corrected chi connectivity index (χ2v) is 9.12. The van der Waals surface area contributed by atoms with Crippen molar-refractivity contribution in [1.29, 1.82) is 0 Å². The lowest BCUT2D eigenvalue weighted by Gasteiger charge is -2.41. The number of ether oxygens (including phenoxy) is 1. The smallest absolute Gasteiger partial charge is 0.194 e. The molecule has 0 bridgehead atoms. The van der Waals surface area contributed by atoms with Crippen LogP contribution in [0.2, 0.25) is 0 Å². The fourth-order valence-corrected chi connectivity index (χ4v) is 5.32. The standard InChI is InChI=1S/C23H32N4O2S/c1-16-17(2)22(29-4)6-5-19(16)13-26-9-8-25(14-20(26)7-11-28)15-21-18(3)24-23-27(21)10-12-30-23/h5-6,10,12,20,28H,7-9,11,13-15H2,1-4H3. The molecule has 0 radical (unpaired) electrons. The SMILES string of the molecule is COc1ccc(CN2CCN(Cc3c(C)nc4sccn34)CC2CCO)c(C)c1C. The summed E-state index contributed by atoms with van der Waals surface area (Å²) in [6, 6.07) is 4.60. The number of fused-ring (bicyclic) bond motifs is 1. The van der Waals surface area contributed by atoms with E-state index in [1.165, 1.54) is 22.4 Å². The summed E-state index contributed by atoms with van der Waals surface area (Å²) in [7, 11) is 1.73. The number of aromatic nitrogens is 2. The van der Waals surface area contributed by atoms with Gasteiger partial charge in [-0.3, -0.25) is 14.2 Å². The third-order valence-electron chi connectivity index (χ3n) is 6.53. The predicted molar refractivity (Wildman–Crippen MR) is 121 cm³/mol. The maximum atomic E-state index is 9.70. The van der Waals surface area contributed by atoms with Crippen molar-refractivity contribution in [2.75, 3.05) is 33.4 Å². The molecule has 3 heterocycles.